The molecule has 4 rings (SSSR count). The number of aryl methyl sites for hydroxylation is 1. The van der Waals surface area contributed by atoms with Crippen molar-refractivity contribution in [1.29, 1.82) is 0 Å². The fraction of sp³-hybridized carbons (Fsp3) is 0.391. The van der Waals surface area contributed by atoms with Crippen molar-refractivity contribution in [3.63, 3.8) is 0 Å². The molecular formula is C23H27ClN4O2S. The molecule has 0 atom stereocenters. The zero-order valence-corrected chi connectivity index (χ0v) is 19.2. The number of nitrogens with one attached hydrogen (secondary N) is 1. The van der Waals surface area contributed by atoms with Crippen LogP contribution < -0.4 is 15.0 Å². The van der Waals surface area contributed by atoms with Gasteiger partial charge in [-0.3, -0.25) is 9.69 Å². The van der Waals surface area contributed by atoms with Gasteiger partial charge in [-0.25, -0.2) is 4.98 Å². The minimum atomic E-state index is 0.0243. The highest BCUT2D eigenvalue weighted by Gasteiger charge is 2.20. The molecule has 2 heterocycles. The van der Waals surface area contributed by atoms with Crippen molar-refractivity contribution in [2.45, 2.75) is 13.3 Å². The molecule has 8 heteroatoms. The van der Waals surface area contributed by atoms with Crippen LogP contribution in [-0.4, -0.2) is 61.7 Å². The van der Waals surface area contributed by atoms with Crippen molar-refractivity contribution in [2.24, 2.45) is 0 Å². The summed E-state index contributed by atoms with van der Waals surface area (Å²) < 4.78 is 6.64. The molecule has 6 nitrogen and oxygen atoms in total. The minimum absolute atomic E-state index is 0.0243. The number of nitrogens with zero attached hydrogens (tertiary/aromatic N) is 3. The quantitative estimate of drug-likeness (QED) is 0.553. The van der Waals surface area contributed by atoms with E-state index in [9.17, 15) is 4.79 Å². The first-order valence-electron chi connectivity index (χ1n) is 10.6. The van der Waals surface area contributed by atoms with Gasteiger partial charge in [-0.1, -0.05) is 47.2 Å². The Morgan fingerprint density at radius 1 is 1.16 bits per heavy atom. The van der Waals surface area contributed by atoms with Crippen LogP contribution >= 0.6 is 22.9 Å². The van der Waals surface area contributed by atoms with Gasteiger partial charge in [0, 0.05) is 39.3 Å². The van der Waals surface area contributed by atoms with Crippen molar-refractivity contribution >= 4 is 44.2 Å². The highest BCUT2D eigenvalue weighted by atomic mass is 35.5. The van der Waals surface area contributed by atoms with Crippen LogP contribution in [-0.2, 0) is 4.79 Å². The summed E-state index contributed by atoms with van der Waals surface area (Å²) in [6.07, 6.45) is 0.363. The van der Waals surface area contributed by atoms with Crippen LogP contribution in [0.25, 0.3) is 10.2 Å². The highest BCUT2D eigenvalue weighted by Crippen LogP contribution is 2.35. The third-order valence-electron chi connectivity index (χ3n) is 5.42. The number of thiazole rings is 1. The van der Waals surface area contributed by atoms with Crippen molar-refractivity contribution in [3.05, 3.63) is 53.1 Å². The lowest BCUT2D eigenvalue weighted by Gasteiger charge is -2.34. The van der Waals surface area contributed by atoms with E-state index in [0.29, 0.717) is 19.6 Å². The molecule has 0 spiro atoms. The number of anilines is 1. The zero-order valence-electron chi connectivity index (χ0n) is 17.6. The first-order chi connectivity index (χ1) is 15.1. The van der Waals surface area contributed by atoms with Crippen molar-refractivity contribution in [2.75, 3.05) is 50.8 Å². The smallest absolute Gasteiger partial charge is 0.223 e. The van der Waals surface area contributed by atoms with E-state index in [4.69, 9.17) is 21.3 Å². The van der Waals surface area contributed by atoms with Gasteiger partial charge in [0.2, 0.25) is 5.91 Å². The number of carbonyl (C=O) groups is 1. The third-order valence-corrected chi connectivity index (χ3v) is 7.00. The van der Waals surface area contributed by atoms with E-state index in [1.165, 1.54) is 0 Å². The van der Waals surface area contributed by atoms with Crippen molar-refractivity contribution in [3.8, 4) is 5.75 Å². The van der Waals surface area contributed by atoms with Gasteiger partial charge in [0.05, 0.1) is 28.3 Å². The Morgan fingerprint density at radius 2 is 1.94 bits per heavy atom. The van der Waals surface area contributed by atoms with E-state index in [0.717, 1.165) is 64.4 Å². The molecule has 31 heavy (non-hydrogen) atoms. The Hall–Kier alpha value is -2.35. The summed E-state index contributed by atoms with van der Waals surface area (Å²) in [5.74, 6) is 0.815. The number of amides is 1. The zero-order chi connectivity index (χ0) is 21.6. The molecule has 1 amide bonds. The highest BCUT2D eigenvalue weighted by molar-refractivity contribution is 7.22. The van der Waals surface area contributed by atoms with E-state index in [1.807, 2.05) is 42.5 Å². The van der Waals surface area contributed by atoms with E-state index in [2.05, 4.69) is 22.0 Å². The van der Waals surface area contributed by atoms with Crippen LogP contribution in [0, 0.1) is 6.92 Å². The maximum absolute atomic E-state index is 12.0. The van der Waals surface area contributed by atoms with Crippen molar-refractivity contribution < 1.29 is 9.53 Å². The van der Waals surface area contributed by atoms with Gasteiger partial charge in [-0.2, -0.15) is 0 Å². The number of aromatic nitrogens is 1. The van der Waals surface area contributed by atoms with Crippen LogP contribution in [0.1, 0.15) is 12.0 Å². The predicted octanol–water partition coefficient (Wildman–Crippen LogP) is 3.97. The second kappa shape index (κ2) is 10.3. The Balaban J connectivity index is 1.16. The molecule has 3 aromatic rings. The monoisotopic (exact) mass is 458 g/mol. The van der Waals surface area contributed by atoms with Gasteiger partial charge >= 0.3 is 0 Å². The molecule has 1 fully saturated rings. The summed E-state index contributed by atoms with van der Waals surface area (Å²) in [6, 6.07) is 13.5. The summed E-state index contributed by atoms with van der Waals surface area (Å²) in [5, 5.41) is 4.80. The molecule has 0 bridgehead atoms. The molecule has 0 radical (unpaired) electrons. The molecule has 0 aliphatic carbocycles. The molecule has 0 unspecified atom stereocenters. The number of ether oxygens (including phenoxy) is 1. The van der Waals surface area contributed by atoms with E-state index in [1.54, 1.807) is 11.3 Å². The largest absolute Gasteiger partial charge is 0.493 e. The van der Waals surface area contributed by atoms with Crippen LogP contribution in [0.15, 0.2) is 42.5 Å². The molecule has 2 aromatic carbocycles. The lowest BCUT2D eigenvalue weighted by atomic mass is 10.2. The second-order valence-electron chi connectivity index (χ2n) is 7.63. The maximum atomic E-state index is 12.0. The lowest BCUT2D eigenvalue weighted by Crippen LogP contribution is -2.48. The molecule has 1 aromatic heterocycles. The number of piperazine rings is 1. The molecule has 0 saturated carbocycles. The number of rotatable bonds is 8. The first-order valence-corrected chi connectivity index (χ1v) is 11.8. The Kier molecular flexibility index (Phi) is 7.27. The van der Waals surface area contributed by atoms with E-state index >= 15 is 0 Å². The molecule has 1 aliphatic heterocycles. The average molecular weight is 459 g/mol. The van der Waals surface area contributed by atoms with Crippen LogP contribution in [0.5, 0.6) is 5.75 Å². The lowest BCUT2D eigenvalue weighted by molar-refractivity contribution is -0.121. The minimum Gasteiger partial charge on any atom is -0.493 e. The number of benzene rings is 2. The number of hydrogen-bond acceptors (Lipinski definition) is 6. The number of halogens is 1. The maximum Gasteiger partial charge on any atom is 0.223 e. The van der Waals surface area contributed by atoms with E-state index < -0.39 is 0 Å². The number of fused-ring (bicyclic) bond motifs is 1. The van der Waals surface area contributed by atoms with Gasteiger partial charge in [0.1, 0.15) is 5.75 Å². The standard InChI is InChI=1S/C23H27ClN4O2S/c1-17-7-8-19(24)22-21(17)26-23(31-22)28-14-12-27(13-15-28)11-10-25-20(29)9-16-30-18-5-3-2-4-6-18/h2-8H,9-16H2,1H3,(H,25,29). The predicted molar refractivity (Wildman–Crippen MR) is 128 cm³/mol. The van der Waals surface area contributed by atoms with Gasteiger partial charge in [-0.05, 0) is 30.7 Å². The summed E-state index contributed by atoms with van der Waals surface area (Å²) in [5.41, 5.74) is 2.17. The van der Waals surface area contributed by atoms with Gasteiger partial charge in [0.15, 0.2) is 5.13 Å². The fourth-order valence-electron chi connectivity index (χ4n) is 3.61. The molecule has 164 valence electrons. The molecule has 1 aliphatic rings. The summed E-state index contributed by atoms with van der Waals surface area (Å²) in [6.45, 7) is 7.72. The SMILES string of the molecule is Cc1ccc(Cl)c2sc(N3CCN(CCNC(=O)CCOc4ccccc4)CC3)nc12. The summed E-state index contributed by atoms with van der Waals surface area (Å²) in [7, 11) is 0. The van der Waals surface area contributed by atoms with Crippen LogP contribution in [0.4, 0.5) is 5.13 Å². The fourth-order valence-corrected chi connectivity index (χ4v) is 4.98. The molecular weight excluding hydrogens is 432 g/mol. The van der Waals surface area contributed by atoms with E-state index in [-0.39, 0.29) is 5.91 Å². The van der Waals surface area contributed by atoms with Gasteiger partial charge < -0.3 is 15.0 Å². The second-order valence-corrected chi connectivity index (χ2v) is 9.01. The third kappa shape index (κ3) is 5.67. The average Bonchev–Trinajstić information content (AvgIpc) is 3.25. The van der Waals surface area contributed by atoms with Crippen LogP contribution in [0.2, 0.25) is 5.02 Å². The normalized spacial score (nSPS) is 14.7. The Morgan fingerprint density at radius 3 is 2.68 bits per heavy atom. The topological polar surface area (TPSA) is 57.7 Å². The number of carbonyl (C=O) groups excluding carboxylic acids is 1. The molecule has 1 N–H and O–H groups in total. The molecule has 1 saturated heterocycles. The van der Waals surface area contributed by atoms with Crippen molar-refractivity contribution in [1.82, 2.24) is 15.2 Å². The van der Waals surface area contributed by atoms with Crippen LogP contribution in [0.3, 0.4) is 0 Å². The van der Waals surface area contributed by atoms with Gasteiger partial charge in [-0.15, -0.1) is 0 Å². The van der Waals surface area contributed by atoms with Gasteiger partial charge in [0.25, 0.3) is 0 Å². The first kappa shape index (κ1) is 21.9. The Bertz CT molecular complexity index is 980. The summed E-state index contributed by atoms with van der Waals surface area (Å²) >= 11 is 8.02. The Labute approximate surface area is 191 Å². The number of para-hydroxylation sites is 1. The number of hydrogen-bond donors (Lipinski definition) is 1. The summed E-state index contributed by atoms with van der Waals surface area (Å²) in [4.78, 5) is 21.6.